The minimum absolute atomic E-state index is 0. The van der Waals surface area contributed by atoms with Gasteiger partial charge in [0, 0.05) is 17.5 Å². The van der Waals surface area contributed by atoms with Crippen molar-refractivity contribution in [3.8, 4) is 0 Å². The molecule has 4 nitrogen and oxygen atoms in total. The Morgan fingerprint density at radius 3 is 2.71 bits per heavy atom. The number of aromatic nitrogens is 2. The van der Waals surface area contributed by atoms with Gasteiger partial charge in [-0.25, -0.2) is 13.9 Å². The summed E-state index contributed by atoms with van der Waals surface area (Å²) in [6, 6.07) is 5.84. The molecule has 156 valence electrons. The van der Waals surface area contributed by atoms with Gasteiger partial charge < -0.3 is 4.74 Å². The molecular weight excluding hydrogens is 487 g/mol. The van der Waals surface area contributed by atoms with E-state index in [2.05, 4.69) is 36.8 Å². The lowest BCUT2D eigenvalue weighted by Crippen LogP contribution is -2.37. The molecule has 3 rings (SSSR count). The molecule has 0 bridgehead atoms. The van der Waals surface area contributed by atoms with Crippen molar-refractivity contribution in [2.75, 3.05) is 0 Å². The van der Waals surface area contributed by atoms with Gasteiger partial charge >= 0.3 is 5.97 Å². The van der Waals surface area contributed by atoms with E-state index in [1.165, 1.54) is 6.42 Å². The van der Waals surface area contributed by atoms with Gasteiger partial charge in [-0.05, 0) is 42.7 Å². The summed E-state index contributed by atoms with van der Waals surface area (Å²) in [5.74, 6) is 2.56. The van der Waals surface area contributed by atoms with Crippen molar-refractivity contribution in [3.63, 3.8) is 0 Å². The van der Waals surface area contributed by atoms with E-state index in [0.29, 0.717) is 22.8 Å². The van der Waals surface area contributed by atoms with Gasteiger partial charge in [0.25, 0.3) is 5.82 Å². The smallest absolute Gasteiger partial charge is 0.348 e. The summed E-state index contributed by atoms with van der Waals surface area (Å²) in [7, 11) is 2.04. The Balaban J connectivity index is 0.00000280. The van der Waals surface area contributed by atoms with Gasteiger partial charge in [0.15, 0.2) is 17.6 Å². The predicted molar refractivity (Wildman–Crippen MR) is 124 cm³/mol. The minimum atomic E-state index is -0.146. The third-order valence-electron chi connectivity index (χ3n) is 6.14. The Morgan fingerprint density at radius 2 is 2.07 bits per heavy atom. The number of fused-ring (bicyclic) bond motifs is 1. The molecule has 1 aromatic heterocycles. The van der Waals surface area contributed by atoms with Crippen LogP contribution < -0.4 is 4.57 Å². The van der Waals surface area contributed by atoms with Crippen LogP contribution in [0.25, 0.3) is 11.0 Å². The summed E-state index contributed by atoms with van der Waals surface area (Å²) >= 11 is 6.22. The van der Waals surface area contributed by atoms with Crippen LogP contribution in [0.5, 0.6) is 0 Å². The summed E-state index contributed by atoms with van der Waals surface area (Å²) < 4.78 is 10.2. The second-order valence-electron chi connectivity index (χ2n) is 8.40. The number of carbonyl (C=O) groups is 1. The first-order valence-electron chi connectivity index (χ1n) is 10.2. The van der Waals surface area contributed by atoms with Crippen molar-refractivity contribution >= 4 is 52.6 Å². The summed E-state index contributed by atoms with van der Waals surface area (Å²) in [4.78, 5) is 12.9. The van der Waals surface area contributed by atoms with Crippen molar-refractivity contribution in [1.82, 2.24) is 4.57 Å². The zero-order valence-corrected chi connectivity index (χ0v) is 20.7. The first-order chi connectivity index (χ1) is 12.8. The molecule has 1 heterocycles. The average Bonchev–Trinajstić information content (AvgIpc) is 2.85. The number of ether oxygens (including phenoxy) is 1. The molecule has 0 saturated heterocycles. The van der Waals surface area contributed by atoms with E-state index in [-0.39, 0.29) is 42.6 Å². The quantitative estimate of drug-likeness (QED) is 0.305. The van der Waals surface area contributed by atoms with E-state index in [4.69, 9.17) is 16.3 Å². The van der Waals surface area contributed by atoms with Crippen LogP contribution in [0.2, 0.25) is 5.02 Å². The predicted octanol–water partition coefficient (Wildman–Crippen LogP) is 5.30. The Hall–Kier alpha value is -0.820. The molecule has 28 heavy (non-hydrogen) atoms. The molecule has 0 aliphatic heterocycles. The fourth-order valence-corrected chi connectivity index (χ4v) is 4.81. The lowest BCUT2D eigenvalue weighted by Gasteiger charge is -2.36. The van der Waals surface area contributed by atoms with Crippen LogP contribution in [-0.4, -0.2) is 16.6 Å². The molecule has 2 aromatic rings. The maximum atomic E-state index is 12.9. The first kappa shape index (κ1) is 23.5. The Labute approximate surface area is 190 Å². The number of esters is 1. The van der Waals surface area contributed by atoms with Crippen molar-refractivity contribution < 1.29 is 14.1 Å². The third kappa shape index (κ3) is 4.84. The van der Waals surface area contributed by atoms with Gasteiger partial charge in [0.1, 0.15) is 6.10 Å². The number of hydrogen-bond acceptors (Lipinski definition) is 2. The molecule has 1 aliphatic carbocycles. The Bertz CT molecular complexity index is 834. The highest BCUT2D eigenvalue weighted by Gasteiger charge is 2.34. The molecule has 0 spiro atoms. The SMILES string of the molecule is CCc1n(CC(=O)OC2C[C@H](C)CC[C@H]2C(C)C)c2cc(Cl)ccc2[n+]1C.I. The zero-order valence-electron chi connectivity index (χ0n) is 17.6. The number of halogens is 2. The number of aryl methyl sites for hydroxylation is 1. The van der Waals surface area contributed by atoms with Gasteiger partial charge in [-0.15, -0.1) is 24.0 Å². The highest BCUT2D eigenvalue weighted by Crippen LogP contribution is 2.35. The van der Waals surface area contributed by atoms with E-state index in [0.717, 1.165) is 36.1 Å². The van der Waals surface area contributed by atoms with Crippen LogP contribution in [0.4, 0.5) is 0 Å². The second kappa shape index (κ2) is 9.79. The van der Waals surface area contributed by atoms with E-state index in [9.17, 15) is 4.79 Å². The van der Waals surface area contributed by atoms with E-state index < -0.39 is 0 Å². The lowest BCUT2D eigenvalue weighted by molar-refractivity contribution is -0.653. The van der Waals surface area contributed by atoms with Gasteiger partial charge in [-0.3, -0.25) is 0 Å². The molecule has 0 amide bonds. The van der Waals surface area contributed by atoms with Gasteiger partial charge in [0.05, 0.1) is 7.05 Å². The maximum absolute atomic E-state index is 12.9. The normalized spacial score (nSPS) is 22.3. The minimum Gasteiger partial charge on any atom is -0.459 e. The standard InChI is InChI=1S/C22H32ClN2O2.HI/c1-6-21-24(5)18-10-8-16(23)12-19(18)25(21)13-22(26)27-20-11-15(4)7-9-17(20)14(2)3;/h8,10,12,14-15,17,20H,6-7,9,11,13H2,1-5H3;1H/q+1;/t15-,17+,20?;/m1./s1. The average molecular weight is 520 g/mol. The van der Waals surface area contributed by atoms with Crippen molar-refractivity contribution in [2.24, 2.45) is 24.8 Å². The van der Waals surface area contributed by atoms with Gasteiger partial charge in [0.2, 0.25) is 0 Å². The molecule has 1 aromatic carbocycles. The van der Waals surface area contributed by atoms with Crippen LogP contribution in [-0.2, 0) is 29.5 Å². The highest BCUT2D eigenvalue weighted by molar-refractivity contribution is 14.0. The molecule has 1 saturated carbocycles. The van der Waals surface area contributed by atoms with Crippen LogP contribution in [0.15, 0.2) is 18.2 Å². The summed E-state index contributed by atoms with van der Waals surface area (Å²) in [5, 5.41) is 0.679. The van der Waals surface area contributed by atoms with Gasteiger partial charge in [-0.2, -0.15) is 0 Å². The number of benzene rings is 1. The number of carbonyl (C=O) groups excluding carboxylic acids is 1. The number of nitrogens with zero attached hydrogens (tertiary/aromatic N) is 2. The largest absolute Gasteiger partial charge is 0.459 e. The third-order valence-corrected chi connectivity index (χ3v) is 6.37. The first-order valence-corrected chi connectivity index (χ1v) is 10.6. The zero-order chi connectivity index (χ0) is 19.7. The summed E-state index contributed by atoms with van der Waals surface area (Å²) in [6.45, 7) is 9.07. The highest BCUT2D eigenvalue weighted by atomic mass is 127. The molecule has 1 unspecified atom stereocenters. The molecule has 1 fully saturated rings. The molecule has 0 radical (unpaired) electrons. The summed E-state index contributed by atoms with van der Waals surface area (Å²) in [6.07, 6.45) is 4.22. The van der Waals surface area contributed by atoms with Crippen LogP contribution in [0.3, 0.4) is 0 Å². The molecule has 0 N–H and O–H groups in total. The van der Waals surface area contributed by atoms with E-state index in [1.54, 1.807) is 0 Å². The monoisotopic (exact) mass is 519 g/mol. The number of hydrogen-bond donors (Lipinski definition) is 0. The van der Waals surface area contributed by atoms with Crippen molar-refractivity contribution in [3.05, 3.63) is 29.0 Å². The molecule has 3 atom stereocenters. The van der Waals surface area contributed by atoms with Crippen LogP contribution in [0, 0.1) is 17.8 Å². The second-order valence-corrected chi connectivity index (χ2v) is 8.84. The topological polar surface area (TPSA) is 35.1 Å². The van der Waals surface area contributed by atoms with Gasteiger partial charge in [-0.1, -0.05) is 45.7 Å². The number of rotatable bonds is 5. The van der Waals surface area contributed by atoms with Crippen molar-refractivity contribution in [2.45, 2.75) is 66.0 Å². The summed E-state index contributed by atoms with van der Waals surface area (Å²) in [5.41, 5.74) is 2.06. The number of imidazole rings is 1. The molecule has 1 aliphatic rings. The Morgan fingerprint density at radius 1 is 1.36 bits per heavy atom. The molecule has 6 heteroatoms. The fraction of sp³-hybridized carbons (Fsp3) is 0.636. The lowest BCUT2D eigenvalue weighted by atomic mass is 9.75. The molecular formula is C22H33ClIN2O2+. The van der Waals surface area contributed by atoms with E-state index in [1.807, 2.05) is 25.2 Å². The Kier molecular flexibility index (Phi) is 8.20. The van der Waals surface area contributed by atoms with Crippen LogP contribution in [0.1, 0.15) is 52.8 Å². The van der Waals surface area contributed by atoms with E-state index >= 15 is 0 Å². The maximum Gasteiger partial charge on any atom is 0.348 e. The van der Waals surface area contributed by atoms with Crippen molar-refractivity contribution in [1.29, 1.82) is 0 Å². The fourth-order valence-electron chi connectivity index (χ4n) is 4.65. The van der Waals surface area contributed by atoms with Crippen LogP contribution >= 0.6 is 35.6 Å².